The summed E-state index contributed by atoms with van der Waals surface area (Å²) in [5.74, 6) is 0.710. The Morgan fingerprint density at radius 1 is 0.826 bits per heavy atom. The molecule has 4 heterocycles. The number of pyridine rings is 2. The lowest BCUT2D eigenvalue weighted by molar-refractivity contribution is 1.24. The van der Waals surface area contributed by atoms with Crippen LogP contribution in [0.3, 0.4) is 0 Å². The molecule has 0 atom stereocenters. The van der Waals surface area contributed by atoms with Crippen LogP contribution in [0.25, 0.3) is 42.6 Å². The van der Waals surface area contributed by atoms with Gasteiger partial charge in [-0.25, -0.2) is 9.97 Å². The van der Waals surface area contributed by atoms with Gasteiger partial charge in [0.25, 0.3) is 0 Å². The van der Waals surface area contributed by atoms with Crippen molar-refractivity contribution in [3.05, 3.63) is 61.2 Å². The zero-order valence-electron chi connectivity index (χ0n) is 12.0. The van der Waals surface area contributed by atoms with E-state index in [1.54, 1.807) is 23.7 Å². The van der Waals surface area contributed by atoms with Crippen molar-refractivity contribution >= 4 is 42.5 Å². The van der Waals surface area contributed by atoms with Crippen molar-refractivity contribution in [2.24, 2.45) is 0 Å². The number of nitrogens with zero attached hydrogens (tertiary/aromatic N) is 4. The first-order valence-electron chi connectivity index (χ1n) is 7.23. The lowest BCUT2D eigenvalue weighted by Crippen LogP contribution is -1.90. The summed E-state index contributed by atoms with van der Waals surface area (Å²) in [6, 6.07) is 12.1. The van der Waals surface area contributed by atoms with E-state index in [0.29, 0.717) is 5.82 Å². The molecule has 0 saturated heterocycles. The van der Waals surface area contributed by atoms with E-state index < -0.39 is 0 Å². The quantitative estimate of drug-likeness (QED) is 0.458. The zero-order chi connectivity index (χ0) is 15.2. The van der Waals surface area contributed by atoms with Gasteiger partial charge in [-0.2, -0.15) is 0 Å². The molecule has 108 valence electrons. The number of rotatable bonds is 1. The summed E-state index contributed by atoms with van der Waals surface area (Å²) < 4.78 is 1.18. The minimum absolute atomic E-state index is 0.710. The Balaban J connectivity index is 1.81. The van der Waals surface area contributed by atoms with Crippen LogP contribution in [-0.2, 0) is 0 Å². The van der Waals surface area contributed by atoms with Crippen LogP contribution in [0, 0.1) is 0 Å². The Morgan fingerprint density at radius 3 is 2.78 bits per heavy atom. The van der Waals surface area contributed by atoms with Crippen LogP contribution in [0.2, 0.25) is 0 Å². The molecule has 0 radical (unpaired) electrons. The third kappa shape index (κ3) is 1.90. The molecule has 0 saturated carbocycles. The van der Waals surface area contributed by atoms with Crippen LogP contribution in [0.4, 0.5) is 0 Å². The first-order chi connectivity index (χ1) is 11.4. The number of para-hydroxylation sites is 1. The average molecular weight is 314 g/mol. The average Bonchev–Trinajstić information content (AvgIpc) is 2.99. The number of hydrogen-bond donors (Lipinski definition) is 0. The fourth-order valence-corrected chi connectivity index (χ4v) is 3.83. The van der Waals surface area contributed by atoms with Crippen LogP contribution in [0.1, 0.15) is 0 Å². The summed E-state index contributed by atoms with van der Waals surface area (Å²) in [6.45, 7) is 0. The maximum Gasteiger partial charge on any atom is 0.162 e. The van der Waals surface area contributed by atoms with E-state index in [9.17, 15) is 0 Å². The molecule has 0 N–H and O–H groups in total. The third-order valence-corrected chi connectivity index (χ3v) is 4.99. The molecule has 23 heavy (non-hydrogen) atoms. The smallest absolute Gasteiger partial charge is 0.162 e. The Hall–Kier alpha value is -2.92. The SMILES string of the molecule is c1cnc2c(-c3ncc4c(n3)sc3ccncc34)cccc2c1. The molecule has 1 aromatic carbocycles. The highest BCUT2D eigenvalue weighted by atomic mass is 32.1. The summed E-state index contributed by atoms with van der Waals surface area (Å²) in [5, 5.41) is 3.25. The molecule has 5 aromatic rings. The van der Waals surface area contributed by atoms with Crippen molar-refractivity contribution < 1.29 is 0 Å². The van der Waals surface area contributed by atoms with Gasteiger partial charge < -0.3 is 0 Å². The minimum Gasteiger partial charge on any atom is -0.264 e. The fourth-order valence-electron chi connectivity index (χ4n) is 2.82. The Morgan fingerprint density at radius 2 is 1.78 bits per heavy atom. The van der Waals surface area contributed by atoms with Gasteiger partial charge in [0.1, 0.15) is 4.83 Å². The van der Waals surface area contributed by atoms with E-state index in [4.69, 9.17) is 4.98 Å². The lowest BCUT2D eigenvalue weighted by atomic mass is 10.1. The summed E-state index contributed by atoms with van der Waals surface area (Å²) >= 11 is 1.66. The van der Waals surface area contributed by atoms with Crippen LogP contribution >= 0.6 is 11.3 Å². The zero-order valence-corrected chi connectivity index (χ0v) is 12.8. The van der Waals surface area contributed by atoms with Gasteiger partial charge in [-0.3, -0.25) is 9.97 Å². The summed E-state index contributed by atoms with van der Waals surface area (Å²) in [6.07, 6.45) is 7.37. The maximum absolute atomic E-state index is 4.77. The molecule has 4 nitrogen and oxygen atoms in total. The number of thiophene rings is 1. The van der Waals surface area contributed by atoms with Gasteiger partial charge >= 0.3 is 0 Å². The number of fused-ring (bicyclic) bond motifs is 4. The highest BCUT2D eigenvalue weighted by Gasteiger charge is 2.11. The normalized spacial score (nSPS) is 11.5. The predicted molar refractivity (Wildman–Crippen MR) is 93.5 cm³/mol. The van der Waals surface area contributed by atoms with E-state index in [1.807, 2.05) is 36.7 Å². The fraction of sp³-hybridized carbons (Fsp3) is 0. The van der Waals surface area contributed by atoms with Crippen molar-refractivity contribution in [1.29, 1.82) is 0 Å². The lowest BCUT2D eigenvalue weighted by Gasteiger charge is -2.04. The van der Waals surface area contributed by atoms with Gasteiger partial charge in [0.2, 0.25) is 0 Å². The highest BCUT2D eigenvalue weighted by Crippen LogP contribution is 2.33. The van der Waals surface area contributed by atoms with Gasteiger partial charge in [-0.15, -0.1) is 11.3 Å². The Bertz CT molecular complexity index is 1170. The molecule has 0 aliphatic carbocycles. The molecule has 0 unspecified atom stereocenters. The van der Waals surface area contributed by atoms with E-state index in [-0.39, 0.29) is 0 Å². The Labute approximate surface area is 135 Å². The van der Waals surface area contributed by atoms with Crippen molar-refractivity contribution in [2.45, 2.75) is 0 Å². The van der Waals surface area contributed by atoms with Crippen LogP contribution in [0.15, 0.2) is 61.2 Å². The van der Waals surface area contributed by atoms with Gasteiger partial charge in [0.15, 0.2) is 5.82 Å². The van der Waals surface area contributed by atoms with Crippen LogP contribution < -0.4 is 0 Å². The van der Waals surface area contributed by atoms with E-state index >= 15 is 0 Å². The molecule has 0 amide bonds. The monoisotopic (exact) mass is 314 g/mol. The van der Waals surface area contributed by atoms with Crippen molar-refractivity contribution in [2.75, 3.05) is 0 Å². The standard InChI is InChI=1S/C18H10N4S/c1-3-11-4-2-7-20-16(11)12(5-1)17-21-10-14-13-9-19-8-6-15(13)23-18(14)22-17/h1-10H. The van der Waals surface area contributed by atoms with Crippen LogP contribution in [0.5, 0.6) is 0 Å². The van der Waals surface area contributed by atoms with Gasteiger partial charge in [0, 0.05) is 51.2 Å². The van der Waals surface area contributed by atoms with Crippen molar-refractivity contribution in [3.8, 4) is 11.4 Å². The topological polar surface area (TPSA) is 51.6 Å². The number of hydrogen-bond acceptors (Lipinski definition) is 5. The second-order valence-corrected chi connectivity index (χ2v) is 6.30. The van der Waals surface area contributed by atoms with E-state index in [2.05, 4.69) is 27.1 Å². The van der Waals surface area contributed by atoms with Crippen molar-refractivity contribution in [3.63, 3.8) is 0 Å². The van der Waals surface area contributed by atoms with Gasteiger partial charge in [0.05, 0.1) is 5.52 Å². The van der Waals surface area contributed by atoms with E-state index in [1.165, 1.54) is 4.70 Å². The predicted octanol–water partition coefficient (Wildman–Crippen LogP) is 4.45. The molecule has 5 heteroatoms. The summed E-state index contributed by atoms with van der Waals surface area (Å²) in [5.41, 5.74) is 1.89. The summed E-state index contributed by atoms with van der Waals surface area (Å²) in [4.78, 5) is 19.0. The molecule has 0 spiro atoms. The first kappa shape index (κ1) is 12.6. The second-order valence-electron chi connectivity index (χ2n) is 5.27. The first-order valence-corrected chi connectivity index (χ1v) is 8.05. The van der Waals surface area contributed by atoms with Crippen molar-refractivity contribution in [1.82, 2.24) is 19.9 Å². The largest absolute Gasteiger partial charge is 0.264 e. The molecule has 5 rings (SSSR count). The number of benzene rings is 1. The highest BCUT2D eigenvalue weighted by molar-refractivity contribution is 7.25. The number of aromatic nitrogens is 4. The second kappa shape index (κ2) is 4.79. The van der Waals surface area contributed by atoms with Gasteiger partial charge in [-0.05, 0) is 18.2 Å². The van der Waals surface area contributed by atoms with E-state index in [0.717, 1.165) is 32.1 Å². The molecule has 4 aromatic heterocycles. The van der Waals surface area contributed by atoms with Crippen LogP contribution in [-0.4, -0.2) is 19.9 Å². The molecular weight excluding hydrogens is 304 g/mol. The van der Waals surface area contributed by atoms with Gasteiger partial charge in [-0.1, -0.05) is 18.2 Å². The molecule has 0 aliphatic heterocycles. The molecule has 0 fully saturated rings. The third-order valence-electron chi connectivity index (χ3n) is 3.91. The molecule has 0 bridgehead atoms. The Kier molecular flexibility index (Phi) is 2.63. The summed E-state index contributed by atoms with van der Waals surface area (Å²) in [7, 11) is 0. The maximum atomic E-state index is 4.77. The molecule has 0 aliphatic rings. The minimum atomic E-state index is 0.710. The molecular formula is C18H10N4S.